The molecule has 0 aliphatic rings. The number of Topliss-reactive ketones (excluding diaryl/α,β-unsaturated/α-hetero) is 1. The second-order valence-corrected chi connectivity index (χ2v) is 4.58. The third-order valence-electron chi connectivity index (χ3n) is 2.98. The van der Waals surface area contributed by atoms with E-state index in [1.165, 1.54) is 17.7 Å². The van der Waals surface area contributed by atoms with Crippen LogP contribution in [0.4, 0.5) is 0 Å². The summed E-state index contributed by atoms with van der Waals surface area (Å²) in [5.41, 5.74) is 7.71. The predicted octanol–water partition coefficient (Wildman–Crippen LogP) is 2.42. The number of rotatable bonds is 5. The Labute approximate surface area is 117 Å². The lowest BCUT2D eigenvalue weighted by atomic mass is 10.1. The summed E-state index contributed by atoms with van der Waals surface area (Å²) in [5.74, 6) is 0.103. The number of hydrogen-bond donors (Lipinski definition) is 2. The first kappa shape index (κ1) is 14.1. The zero-order valence-corrected chi connectivity index (χ0v) is 11.3. The Morgan fingerprint density at radius 1 is 1.20 bits per heavy atom. The van der Waals surface area contributed by atoms with Gasteiger partial charge in [0, 0.05) is 6.07 Å². The molecule has 2 aromatic carbocycles. The lowest BCUT2D eigenvalue weighted by Gasteiger charge is -2.09. The van der Waals surface area contributed by atoms with Crippen LogP contribution in [0.5, 0.6) is 11.5 Å². The molecule has 0 radical (unpaired) electrons. The number of aromatic hydroxyl groups is 1. The molecule has 3 N–H and O–H groups in total. The van der Waals surface area contributed by atoms with Gasteiger partial charge in [0.05, 0.1) is 12.1 Å². The molecule has 20 heavy (non-hydrogen) atoms. The van der Waals surface area contributed by atoms with Crippen molar-refractivity contribution in [3.05, 3.63) is 59.2 Å². The SMILES string of the molecule is Cc1ccc(COc2ccc(C(=O)CN)c(O)c2)cc1. The van der Waals surface area contributed by atoms with Gasteiger partial charge in [0.15, 0.2) is 5.78 Å². The second kappa shape index (κ2) is 6.21. The Hall–Kier alpha value is -2.33. The van der Waals surface area contributed by atoms with Crippen LogP contribution in [0, 0.1) is 6.92 Å². The average Bonchev–Trinajstić information content (AvgIpc) is 2.46. The van der Waals surface area contributed by atoms with E-state index in [1.807, 2.05) is 31.2 Å². The van der Waals surface area contributed by atoms with Gasteiger partial charge in [0.2, 0.25) is 0 Å². The highest BCUT2D eigenvalue weighted by Gasteiger charge is 2.10. The maximum atomic E-state index is 11.4. The van der Waals surface area contributed by atoms with Gasteiger partial charge in [-0.15, -0.1) is 0 Å². The van der Waals surface area contributed by atoms with Crippen LogP contribution in [0.15, 0.2) is 42.5 Å². The minimum atomic E-state index is -0.299. The molecular weight excluding hydrogens is 254 g/mol. The first-order chi connectivity index (χ1) is 9.60. The van der Waals surface area contributed by atoms with E-state index in [0.29, 0.717) is 12.4 Å². The van der Waals surface area contributed by atoms with Crippen LogP contribution >= 0.6 is 0 Å². The lowest BCUT2D eigenvalue weighted by molar-refractivity contribution is 0.0999. The Kier molecular flexibility index (Phi) is 4.38. The summed E-state index contributed by atoms with van der Waals surface area (Å²) in [5, 5.41) is 9.77. The molecule has 0 aliphatic carbocycles. The lowest BCUT2D eigenvalue weighted by Crippen LogP contribution is -2.13. The van der Waals surface area contributed by atoms with E-state index in [9.17, 15) is 9.90 Å². The smallest absolute Gasteiger partial charge is 0.180 e. The molecule has 0 spiro atoms. The van der Waals surface area contributed by atoms with Gasteiger partial charge in [0.1, 0.15) is 18.1 Å². The summed E-state index contributed by atoms with van der Waals surface area (Å²) < 4.78 is 5.58. The van der Waals surface area contributed by atoms with Crippen molar-refractivity contribution >= 4 is 5.78 Å². The summed E-state index contributed by atoms with van der Waals surface area (Å²) in [7, 11) is 0. The van der Waals surface area contributed by atoms with Crippen molar-refractivity contribution in [2.45, 2.75) is 13.5 Å². The van der Waals surface area contributed by atoms with Gasteiger partial charge >= 0.3 is 0 Å². The molecule has 0 amide bonds. The molecule has 0 unspecified atom stereocenters. The van der Waals surface area contributed by atoms with E-state index in [0.717, 1.165) is 5.56 Å². The van der Waals surface area contributed by atoms with E-state index in [-0.39, 0.29) is 23.6 Å². The molecule has 2 rings (SSSR count). The van der Waals surface area contributed by atoms with Crippen LogP contribution in [0.3, 0.4) is 0 Å². The molecule has 4 heteroatoms. The van der Waals surface area contributed by atoms with Crippen LogP contribution in [0.2, 0.25) is 0 Å². The monoisotopic (exact) mass is 271 g/mol. The second-order valence-electron chi connectivity index (χ2n) is 4.58. The Morgan fingerprint density at radius 2 is 1.90 bits per heavy atom. The fourth-order valence-corrected chi connectivity index (χ4v) is 1.80. The molecule has 104 valence electrons. The maximum absolute atomic E-state index is 11.4. The number of ether oxygens (including phenoxy) is 1. The van der Waals surface area contributed by atoms with Gasteiger partial charge in [-0.3, -0.25) is 4.79 Å². The van der Waals surface area contributed by atoms with Crippen molar-refractivity contribution in [1.82, 2.24) is 0 Å². The van der Waals surface area contributed by atoms with Crippen LogP contribution in [0.1, 0.15) is 21.5 Å². The topological polar surface area (TPSA) is 72.5 Å². The molecule has 4 nitrogen and oxygen atoms in total. The molecule has 0 atom stereocenters. The highest BCUT2D eigenvalue weighted by atomic mass is 16.5. The fraction of sp³-hybridized carbons (Fsp3) is 0.188. The summed E-state index contributed by atoms with van der Waals surface area (Å²) in [4.78, 5) is 11.4. The number of phenols is 1. The van der Waals surface area contributed by atoms with Crippen molar-refractivity contribution < 1.29 is 14.6 Å². The van der Waals surface area contributed by atoms with Crippen LogP contribution in [-0.2, 0) is 6.61 Å². The van der Waals surface area contributed by atoms with Gasteiger partial charge in [-0.1, -0.05) is 29.8 Å². The van der Waals surface area contributed by atoms with Crippen LogP contribution < -0.4 is 10.5 Å². The number of hydrogen-bond acceptors (Lipinski definition) is 4. The zero-order chi connectivity index (χ0) is 14.5. The number of nitrogens with two attached hydrogens (primary N) is 1. The average molecular weight is 271 g/mol. The first-order valence-corrected chi connectivity index (χ1v) is 6.35. The molecule has 2 aromatic rings. The molecule has 0 fully saturated rings. The van der Waals surface area contributed by atoms with E-state index in [1.54, 1.807) is 6.07 Å². The molecule has 0 heterocycles. The van der Waals surface area contributed by atoms with E-state index < -0.39 is 0 Å². The molecule has 0 aliphatic heterocycles. The zero-order valence-electron chi connectivity index (χ0n) is 11.3. The van der Waals surface area contributed by atoms with Crippen molar-refractivity contribution in [3.63, 3.8) is 0 Å². The van der Waals surface area contributed by atoms with Crippen molar-refractivity contribution in [2.24, 2.45) is 5.73 Å². The third-order valence-corrected chi connectivity index (χ3v) is 2.98. The summed E-state index contributed by atoms with van der Waals surface area (Å²) in [6, 6.07) is 12.6. The standard InChI is InChI=1S/C16H17NO3/c1-11-2-4-12(5-3-11)10-20-13-6-7-14(15(18)8-13)16(19)9-17/h2-8,18H,9-10,17H2,1H3. The number of aryl methyl sites for hydroxylation is 1. The predicted molar refractivity (Wildman–Crippen MR) is 77.0 cm³/mol. The van der Waals surface area contributed by atoms with Gasteiger partial charge in [-0.05, 0) is 24.6 Å². The van der Waals surface area contributed by atoms with Gasteiger partial charge in [-0.25, -0.2) is 0 Å². The molecule has 0 aromatic heterocycles. The number of ketones is 1. The highest BCUT2D eigenvalue weighted by molar-refractivity contribution is 6.00. The van der Waals surface area contributed by atoms with Gasteiger partial charge < -0.3 is 15.6 Å². The molecule has 0 saturated heterocycles. The fourth-order valence-electron chi connectivity index (χ4n) is 1.80. The number of carbonyl (C=O) groups excluding carboxylic acids is 1. The Bertz CT molecular complexity index is 606. The normalized spacial score (nSPS) is 10.3. The molecule has 0 bridgehead atoms. The van der Waals surface area contributed by atoms with E-state index in [2.05, 4.69) is 0 Å². The van der Waals surface area contributed by atoms with E-state index in [4.69, 9.17) is 10.5 Å². The Morgan fingerprint density at radius 3 is 2.50 bits per heavy atom. The maximum Gasteiger partial charge on any atom is 0.180 e. The number of phenolic OH excluding ortho intramolecular Hbond substituents is 1. The first-order valence-electron chi connectivity index (χ1n) is 6.35. The summed E-state index contributed by atoms with van der Waals surface area (Å²) >= 11 is 0. The van der Waals surface area contributed by atoms with Crippen molar-refractivity contribution in [2.75, 3.05) is 6.54 Å². The van der Waals surface area contributed by atoms with Gasteiger partial charge in [-0.2, -0.15) is 0 Å². The van der Waals surface area contributed by atoms with Crippen LogP contribution in [-0.4, -0.2) is 17.4 Å². The largest absolute Gasteiger partial charge is 0.507 e. The van der Waals surface area contributed by atoms with E-state index >= 15 is 0 Å². The Balaban J connectivity index is 2.05. The number of benzene rings is 2. The third kappa shape index (κ3) is 3.36. The van der Waals surface area contributed by atoms with Gasteiger partial charge in [0.25, 0.3) is 0 Å². The van der Waals surface area contributed by atoms with Crippen molar-refractivity contribution in [3.8, 4) is 11.5 Å². The molecule has 0 saturated carbocycles. The number of carbonyl (C=O) groups is 1. The minimum absolute atomic E-state index is 0.109. The highest BCUT2D eigenvalue weighted by Crippen LogP contribution is 2.24. The quantitative estimate of drug-likeness (QED) is 0.819. The minimum Gasteiger partial charge on any atom is -0.507 e. The summed E-state index contributed by atoms with van der Waals surface area (Å²) in [6.45, 7) is 2.30. The van der Waals surface area contributed by atoms with Crippen molar-refractivity contribution in [1.29, 1.82) is 0 Å². The summed E-state index contributed by atoms with van der Waals surface area (Å²) in [6.07, 6.45) is 0. The van der Waals surface area contributed by atoms with Crippen LogP contribution in [0.25, 0.3) is 0 Å². The molecular formula is C16H17NO3.